The molecule has 2 heterocycles. The average Bonchev–Trinajstić information content (AvgIpc) is 2.63. The Hall–Kier alpha value is -2.18. The standard InChI is InChI=1S/C22H29ClN4O2/c1-15-6-7-17(12-18(15)19-8-9-24-20(23)25-19)14-26-10-11-27(13-16(26)2)21(28)29-22(3,4)5/h6-9,12,16H,10-11,13-14H2,1-5H3/t16-/m0/s1. The summed E-state index contributed by atoms with van der Waals surface area (Å²) in [7, 11) is 0. The highest BCUT2D eigenvalue weighted by Gasteiger charge is 2.29. The first-order valence-corrected chi connectivity index (χ1v) is 10.3. The van der Waals surface area contributed by atoms with Crippen molar-refractivity contribution < 1.29 is 9.53 Å². The predicted molar refractivity (Wildman–Crippen MR) is 115 cm³/mol. The highest BCUT2D eigenvalue weighted by Crippen LogP contribution is 2.25. The van der Waals surface area contributed by atoms with Gasteiger partial charge in [-0.25, -0.2) is 14.8 Å². The second kappa shape index (κ2) is 8.67. The molecule has 0 bridgehead atoms. The molecule has 1 fully saturated rings. The van der Waals surface area contributed by atoms with E-state index in [4.69, 9.17) is 16.3 Å². The van der Waals surface area contributed by atoms with Gasteiger partial charge in [0.25, 0.3) is 0 Å². The van der Waals surface area contributed by atoms with Gasteiger partial charge in [-0.05, 0) is 69.5 Å². The SMILES string of the molecule is Cc1ccc(CN2CCN(C(=O)OC(C)(C)C)C[C@@H]2C)cc1-c1ccnc(Cl)n1. The smallest absolute Gasteiger partial charge is 0.410 e. The minimum atomic E-state index is -0.473. The Kier molecular flexibility index (Phi) is 6.44. The molecule has 7 heteroatoms. The van der Waals surface area contributed by atoms with E-state index in [1.54, 1.807) is 11.1 Å². The fourth-order valence-corrected chi connectivity index (χ4v) is 3.63. The van der Waals surface area contributed by atoms with Gasteiger partial charge in [0.05, 0.1) is 5.69 Å². The number of amides is 1. The lowest BCUT2D eigenvalue weighted by Crippen LogP contribution is -2.54. The topological polar surface area (TPSA) is 58.6 Å². The molecule has 29 heavy (non-hydrogen) atoms. The molecule has 1 amide bonds. The molecular formula is C22H29ClN4O2. The molecule has 156 valence electrons. The van der Waals surface area contributed by atoms with Gasteiger partial charge in [0.2, 0.25) is 5.28 Å². The van der Waals surface area contributed by atoms with Crippen LogP contribution in [0.3, 0.4) is 0 Å². The summed E-state index contributed by atoms with van der Waals surface area (Å²) in [5.41, 5.74) is 3.77. The van der Waals surface area contributed by atoms with E-state index in [0.717, 1.165) is 29.9 Å². The number of carbonyl (C=O) groups excluding carboxylic acids is 1. The Balaban J connectivity index is 1.68. The highest BCUT2D eigenvalue weighted by atomic mass is 35.5. The van der Waals surface area contributed by atoms with E-state index in [2.05, 4.69) is 46.9 Å². The molecule has 1 aliphatic heterocycles. The Morgan fingerprint density at radius 1 is 1.28 bits per heavy atom. The first-order chi connectivity index (χ1) is 13.6. The van der Waals surface area contributed by atoms with Gasteiger partial charge in [0, 0.05) is 44.0 Å². The van der Waals surface area contributed by atoms with Crippen LogP contribution in [-0.4, -0.2) is 57.1 Å². The van der Waals surface area contributed by atoms with Crippen molar-refractivity contribution in [2.24, 2.45) is 0 Å². The molecule has 0 unspecified atom stereocenters. The van der Waals surface area contributed by atoms with Crippen molar-refractivity contribution in [2.45, 2.75) is 52.8 Å². The van der Waals surface area contributed by atoms with E-state index in [1.165, 1.54) is 5.56 Å². The third-order valence-electron chi connectivity index (χ3n) is 5.01. The minimum absolute atomic E-state index is 0.234. The van der Waals surface area contributed by atoms with Crippen molar-refractivity contribution in [3.63, 3.8) is 0 Å². The lowest BCUT2D eigenvalue weighted by atomic mass is 10.0. The van der Waals surface area contributed by atoms with Gasteiger partial charge in [-0.2, -0.15) is 0 Å². The van der Waals surface area contributed by atoms with Crippen LogP contribution in [0.1, 0.15) is 38.8 Å². The maximum absolute atomic E-state index is 12.4. The highest BCUT2D eigenvalue weighted by molar-refractivity contribution is 6.28. The van der Waals surface area contributed by atoms with E-state index in [-0.39, 0.29) is 17.4 Å². The lowest BCUT2D eigenvalue weighted by molar-refractivity contribution is 0.00461. The number of carbonyl (C=O) groups is 1. The van der Waals surface area contributed by atoms with Crippen LogP contribution in [0.5, 0.6) is 0 Å². The fraction of sp³-hybridized carbons (Fsp3) is 0.500. The van der Waals surface area contributed by atoms with Crippen molar-refractivity contribution >= 4 is 17.7 Å². The number of ether oxygens (including phenoxy) is 1. The van der Waals surface area contributed by atoms with Crippen LogP contribution in [0.15, 0.2) is 30.5 Å². The zero-order valence-corrected chi connectivity index (χ0v) is 18.5. The van der Waals surface area contributed by atoms with Crippen LogP contribution in [0.4, 0.5) is 4.79 Å². The van der Waals surface area contributed by atoms with E-state index in [9.17, 15) is 4.79 Å². The maximum Gasteiger partial charge on any atom is 0.410 e. The first-order valence-electron chi connectivity index (χ1n) is 9.93. The maximum atomic E-state index is 12.4. The molecule has 2 aromatic rings. The second-order valence-corrected chi connectivity index (χ2v) is 8.94. The third kappa shape index (κ3) is 5.67. The van der Waals surface area contributed by atoms with Crippen LogP contribution >= 0.6 is 11.6 Å². The van der Waals surface area contributed by atoms with E-state index >= 15 is 0 Å². The summed E-state index contributed by atoms with van der Waals surface area (Å²) in [5.74, 6) is 0. The molecule has 1 aliphatic rings. The molecule has 1 saturated heterocycles. The Bertz CT molecular complexity index is 881. The fourth-order valence-electron chi connectivity index (χ4n) is 3.49. The average molecular weight is 417 g/mol. The number of aromatic nitrogens is 2. The summed E-state index contributed by atoms with van der Waals surface area (Å²) in [4.78, 5) is 24.9. The summed E-state index contributed by atoms with van der Waals surface area (Å²) in [5, 5.41) is 0.249. The number of hydrogen-bond acceptors (Lipinski definition) is 5. The monoisotopic (exact) mass is 416 g/mol. The lowest BCUT2D eigenvalue weighted by Gasteiger charge is -2.40. The molecular weight excluding hydrogens is 388 g/mol. The third-order valence-corrected chi connectivity index (χ3v) is 5.19. The summed E-state index contributed by atoms with van der Waals surface area (Å²) < 4.78 is 5.51. The molecule has 0 radical (unpaired) electrons. The van der Waals surface area contributed by atoms with Gasteiger partial charge in [0.15, 0.2) is 0 Å². The molecule has 6 nitrogen and oxygen atoms in total. The van der Waals surface area contributed by atoms with Crippen LogP contribution in [0.25, 0.3) is 11.3 Å². The van der Waals surface area contributed by atoms with Crippen LogP contribution < -0.4 is 0 Å². The number of aryl methyl sites for hydroxylation is 1. The zero-order chi connectivity index (χ0) is 21.2. The van der Waals surface area contributed by atoms with E-state index in [1.807, 2.05) is 26.8 Å². The zero-order valence-electron chi connectivity index (χ0n) is 17.8. The molecule has 0 saturated carbocycles. The number of rotatable bonds is 3. The van der Waals surface area contributed by atoms with Gasteiger partial charge in [-0.15, -0.1) is 0 Å². The molecule has 1 atom stereocenters. The Morgan fingerprint density at radius 2 is 2.03 bits per heavy atom. The molecule has 1 aromatic carbocycles. The molecule has 3 rings (SSSR count). The van der Waals surface area contributed by atoms with Crippen LogP contribution in [0, 0.1) is 6.92 Å². The van der Waals surface area contributed by atoms with Gasteiger partial charge in [0.1, 0.15) is 5.60 Å². The summed E-state index contributed by atoms with van der Waals surface area (Å²) in [6.45, 7) is 12.8. The van der Waals surface area contributed by atoms with Gasteiger partial charge < -0.3 is 9.64 Å². The van der Waals surface area contributed by atoms with E-state index in [0.29, 0.717) is 13.1 Å². The number of hydrogen-bond donors (Lipinski definition) is 0. The molecule has 0 N–H and O–H groups in total. The Morgan fingerprint density at radius 3 is 2.69 bits per heavy atom. The number of nitrogens with zero attached hydrogens (tertiary/aromatic N) is 4. The number of piperazine rings is 1. The van der Waals surface area contributed by atoms with Crippen molar-refractivity contribution in [1.82, 2.24) is 19.8 Å². The van der Waals surface area contributed by atoms with Crippen molar-refractivity contribution in [2.75, 3.05) is 19.6 Å². The summed E-state index contributed by atoms with van der Waals surface area (Å²) >= 11 is 5.97. The molecule has 0 spiro atoms. The first kappa shape index (κ1) is 21.5. The van der Waals surface area contributed by atoms with Crippen LogP contribution in [0.2, 0.25) is 5.28 Å². The molecule has 0 aliphatic carbocycles. The quantitative estimate of drug-likeness (QED) is 0.687. The van der Waals surface area contributed by atoms with Gasteiger partial charge in [-0.3, -0.25) is 4.90 Å². The second-order valence-electron chi connectivity index (χ2n) is 8.61. The minimum Gasteiger partial charge on any atom is -0.444 e. The van der Waals surface area contributed by atoms with Crippen molar-refractivity contribution in [3.8, 4) is 11.3 Å². The molecule has 1 aromatic heterocycles. The van der Waals surface area contributed by atoms with Gasteiger partial charge in [-0.1, -0.05) is 12.1 Å². The Labute approximate surface area is 177 Å². The largest absolute Gasteiger partial charge is 0.444 e. The summed E-state index contributed by atoms with van der Waals surface area (Å²) in [6.07, 6.45) is 1.44. The normalized spacial score (nSPS) is 18.0. The van der Waals surface area contributed by atoms with Crippen molar-refractivity contribution in [3.05, 3.63) is 46.9 Å². The number of benzene rings is 1. The predicted octanol–water partition coefficient (Wildman–Crippen LogP) is 4.55. The van der Waals surface area contributed by atoms with Crippen molar-refractivity contribution in [1.29, 1.82) is 0 Å². The number of halogens is 1. The summed E-state index contributed by atoms with van der Waals surface area (Å²) in [6, 6.07) is 8.55. The van der Waals surface area contributed by atoms with E-state index < -0.39 is 5.60 Å². The van der Waals surface area contributed by atoms with Crippen LogP contribution in [-0.2, 0) is 11.3 Å². The van der Waals surface area contributed by atoms with Gasteiger partial charge >= 0.3 is 6.09 Å².